The number of carboxylic acids is 1. The number of hydrogen-bond acceptors (Lipinski definition) is 3. The van der Waals surface area contributed by atoms with Crippen LogP contribution in [0.15, 0.2) is 0 Å². The highest BCUT2D eigenvalue weighted by molar-refractivity contribution is 5.78. The van der Waals surface area contributed by atoms with Gasteiger partial charge in [-0.1, -0.05) is 6.92 Å². The van der Waals surface area contributed by atoms with Crippen molar-refractivity contribution in [3.8, 4) is 6.07 Å². The summed E-state index contributed by atoms with van der Waals surface area (Å²) >= 11 is 0. The Morgan fingerprint density at radius 2 is 2.27 bits per heavy atom. The van der Waals surface area contributed by atoms with Crippen LogP contribution in [-0.4, -0.2) is 23.2 Å². The molecule has 1 saturated carbocycles. The number of aliphatic carboxylic acids is 1. The lowest BCUT2D eigenvalue weighted by Gasteiger charge is -2.27. The van der Waals surface area contributed by atoms with E-state index in [4.69, 9.17) is 10.4 Å². The van der Waals surface area contributed by atoms with Gasteiger partial charge in [-0.3, -0.25) is 4.79 Å². The molecule has 0 aromatic carbocycles. The highest BCUT2D eigenvalue weighted by Gasteiger charge is 2.44. The molecule has 0 aliphatic heterocycles. The molecule has 15 heavy (non-hydrogen) atoms. The lowest BCUT2D eigenvalue weighted by atomic mass is 9.96. The summed E-state index contributed by atoms with van der Waals surface area (Å²) in [6.45, 7) is 4.18. The van der Waals surface area contributed by atoms with Gasteiger partial charge in [-0.05, 0) is 31.6 Å². The molecule has 1 aliphatic carbocycles. The Morgan fingerprint density at radius 1 is 1.67 bits per heavy atom. The molecule has 4 heteroatoms. The maximum atomic E-state index is 11.0. The number of nitriles is 1. The Morgan fingerprint density at radius 3 is 2.60 bits per heavy atom. The number of nitrogens with one attached hydrogen (secondary N) is 1. The van der Waals surface area contributed by atoms with Crippen LogP contribution in [0.2, 0.25) is 0 Å². The zero-order valence-electron chi connectivity index (χ0n) is 9.34. The third-order valence-corrected chi connectivity index (χ3v) is 3.44. The monoisotopic (exact) mass is 210 g/mol. The quantitative estimate of drug-likeness (QED) is 0.697. The van der Waals surface area contributed by atoms with Crippen molar-refractivity contribution in [3.05, 3.63) is 0 Å². The van der Waals surface area contributed by atoms with E-state index in [0.29, 0.717) is 19.4 Å². The van der Waals surface area contributed by atoms with Gasteiger partial charge in [-0.2, -0.15) is 5.26 Å². The number of hydrogen-bond donors (Lipinski definition) is 2. The average Bonchev–Trinajstić information content (AvgIpc) is 2.95. The van der Waals surface area contributed by atoms with E-state index in [2.05, 4.69) is 11.4 Å². The summed E-state index contributed by atoms with van der Waals surface area (Å²) < 4.78 is 0. The summed E-state index contributed by atoms with van der Waals surface area (Å²) in [5.74, 6) is -0.822. The van der Waals surface area contributed by atoms with Gasteiger partial charge in [0.25, 0.3) is 0 Å². The van der Waals surface area contributed by atoms with Crippen LogP contribution in [-0.2, 0) is 4.79 Å². The van der Waals surface area contributed by atoms with Gasteiger partial charge in [0.05, 0.1) is 6.07 Å². The summed E-state index contributed by atoms with van der Waals surface area (Å²) in [6, 6.07) is 2.17. The largest absolute Gasteiger partial charge is 0.480 e. The molecular weight excluding hydrogens is 192 g/mol. The zero-order valence-corrected chi connectivity index (χ0v) is 9.34. The topological polar surface area (TPSA) is 73.1 Å². The Kier molecular flexibility index (Phi) is 3.35. The van der Waals surface area contributed by atoms with E-state index in [1.807, 2.05) is 6.92 Å². The lowest BCUT2D eigenvalue weighted by Crippen LogP contribution is -2.50. The number of carbonyl (C=O) groups is 1. The Balaban J connectivity index is 2.49. The van der Waals surface area contributed by atoms with Gasteiger partial charge in [0, 0.05) is 13.0 Å². The van der Waals surface area contributed by atoms with Crippen molar-refractivity contribution in [2.45, 2.75) is 45.1 Å². The highest BCUT2D eigenvalue weighted by Crippen LogP contribution is 2.48. The van der Waals surface area contributed by atoms with Gasteiger partial charge in [0.1, 0.15) is 5.54 Å². The fourth-order valence-corrected chi connectivity index (χ4v) is 1.49. The van der Waals surface area contributed by atoms with Crippen LogP contribution in [0.25, 0.3) is 0 Å². The molecule has 1 unspecified atom stereocenters. The molecule has 0 spiro atoms. The first-order valence-corrected chi connectivity index (χ1v) is 5.33. The van der Waals surface area contributed by atoms with Gasteiger partial charge in [0.15, 0.2) is 0 Å². The van der Waals surface area contributed by atoms with Crippen molar-refractivity contribution in [2.75, 3.05) is 6.54 Å². The fraction of sp³-hybridized carbons (Fsp3) is 0.818. The van der Waals surface area contributed by atoms with Gasteiger partial charge >= 0.3 is 5.97 Å². The lowest BCUT2D eigenvalue weighted by molar-refractivity contribution is -0.144. The normalized spacial score (nSPS) is 21.4. The maximum Gasteiger partial charge on any atom is 0.323 e. The van der Waals surface area contributed by atoms with Crippen molar-refractivity contribution >= 4 is 5.97 Å². The predicted octanol–water partition coefficient (Wildman–Crippen LogP) is 1.52. The van der Waals surface area contributed by atoms with Gasteiger partial charge in [0.2, 0.25) is 0 Å². The second kappa shape index (κ2) is 4.19. The molecule has 0 aromatic rings. The van der Waals surface area contributed by atoms with E-state index in [9.17, 15) is 4.79 Å². The first kappa shape index (κ1) is 12.0. The molecule has 0 amide bonds. The fourth-order valence-electron chi connectivity index (χ4n) is 1.49. The van der Waals surface area contributed by atoms with E-state index in [1.165, 1.54) is 0 Å². The van der Waals surface area contributed by atoms with Crippen LogP contribution in [0.1, 0.15) is 39.5 Å². The Hall–Kier alpha value is -1.08. The predicted molar refractivity (Wildman–Crippen MR) is 56.2 cm³/mol. The molecule has 0 aromatic heterocycles. The smallest absolute Gasteiger partial charge is 0.323 e. The summed E-state index contributed by atoms with van der Waals surface area (Å²) in [4.78, 5) is 11.0. The first-order chi connectivity index (χ1) is 6.98. The third-order valence-electron chi connectivity index (χ3n) is 3.44. The van der Waals surface area contributed by atoms with Gasteiger partial charge < -0.3 is 10.4 Å². The molecule has 4 nitrogen and oxygen atoms in total. The number of nitrogens with zero attached hydrogens (tertiary/aromatic N) is 1. The van der Waals surface area contributed by atoms with Crippen LogP contribution >= 0.6 is 0 Å². The second-order valence-corrected chi connectivity index (χ2v) is 4.68. The zero-order chi connectivity index (χ0) is 11.5. The van der Waals surface area contributed by atoms with Crippen LogP contribution in [0, 0.1) is 16.7 Å². The summed E-state index contributed by atoms with van der Waals surface area (Å²) in [5, 5.41) is 20.8. The van der Waals surface area contributed by atoms with E-state index in [0.717, 1.165) is 12.8 Å². The van der Waals surface area contributed by atoms with Gasteiger partial charge in [-0.15, -0.1) is 0 Å². The van der Waals surface area contributed by atoms with Gasteiger partial charge in [-0.25, -0.2) is 0 Å². The minimum Gasteiger partial charge on any atom is -0.480 e. The molecule has 0 heterocycles. The summed E-state index contributed by atoms with van der Waals surface area (Å²) in [7, 11) is 0. The van der Waals surface area contributed by atoms with Crippen LogP contribution in [0.5, 0.6) is 0 Å². The first-order valence-electron chi connectivity index (χ1n) is 5.33. The molecule has 2 N–H and O–H groups in total. The maximum absolute atomic E-state index is 11.0. The van der Waals surface area contributed by atoms with Crippen molar-refractivity contribution in [1.82, 2.24) is 5.32 Å². The van der Waals surface area contributed by atoms with Crippen LogP contribution < -0.4 is 5.32 Å². The highest BCUT2D eigenvalue weighted by atomic mass is 16.4. The molecule has 1 rings (SSSR count). The van der Waals surface area contributed by atoms with Crippen LogP contribution in [0.3, 0.4) is 0 Å². The third kappa shape index (κ3) is 2.69. The standard InChI is InChI=1S/C11H18N2O2/c1-3-10(2,9(14)15)13-8-11(4-5-11)6-7-12/h13H,3-6,8H2,1-2H3,(H,14,15). The van der Waals surface area contributed by atoms with Crippen molar-refractivity contribution < 1.29 is 9.90 Å². The summed E-state index contributed by atoms with van der Waals surface area (Å²) in [5.41, 5.74) is -0.800. The SMILES string of the molecule is CCC(C)(NCC1(CC#N)CC1)C(=O)O. The van der Waals surface area contributed by atoms with Crippen molar-refractivity contribution in [3.63, 3.8) is 0 Å². The Labute approximate surface area is 90.3 Å². The molecule has 0 saturated heterocycles. The molecular formula is C11H18N2O2. The summed E-state index contributed by atoms with van der Waals surface area (Å²) in [6.07, 6.45) is 3.14. The molecule has 1 atom stereocenters. The van der Waals surface area contributed by atoms with E-state index in [1.54, 1.807) is 6.92 Å². The number of carboxylic acid groups (broad SMARTS) is 1. The minimum absolute atomic E-state index is 0.0562. The van der Waals surface area contributed by atoms with Crippen LogP contribution in [0.4, 0.5) is 0 Å². The molecule has 0 radical (unpaired) electrons. The molecule has 0 bridgehead atoms. The molecule has 84 valence electrons. The second-order valence-electron chi connectivity index (χ2n) is 4.68. The molecule has 1 aliphatic rings. The number of rotatable bonds is 6. The minimum atomic E-state index is -0.856. The Bertz CT molecular complexity index is 291. The molecule has 1 fully saturated rings. The van der Waals surface area contributed by atoms with E-state index in [-0.39, 0.29) is 5.41 Å². The van der Waals surface area contributed by atoms with Crippen molar-refractivity contribution in [2.24, 2.45) is 5.41 Å². The average molecular weight is 210 g/mol. The van der Waals surface area contributed by atoms with E-state index < -0.39 is 11.5 Å². The van der Waals surface area contributed by atoms with E-state index >= 15 is 0 Å². The van der Waals surface area contributed by atoms with Crippen molar-refractivity contribution in [1.29, 1.82) is 5.26 Å².